The fourth-order valence-corrected chi connectivity index (χ4v) is 3.37. The number of halogens is 1. The normalized spacial score (nSPS) is 16.9. The highest BCUT2D eigenvalue weighted by molar-refractivity contribution is 7.89. The van der Waals surface area contributed by atoms with E-state index in [0.717, 1.165) is 24.8 Å². The number of sulfonamides is 1. The highest BCUT2D eigenvalue weighted by Crippen LogP contribution is 2.29. The van der Waals surface area contributed by atoms with Gasteiger partial charge in [0.25, 0.3) is 0 Å². The van der Waals surface area contributed by atoms with Gasteiger partial charge >= 0.3 is 0 Å². The van der Waals surface area contributed by atoms with Crippen LogP contribution in [0.25, 0.3) is 0 Å². The minimum Gasteiger partial charge on any atom is -0.496 e. The van der Waals surface area contributed by atoms with Crippen LogP contribution in [-0.4, -0.2) is 27.6 Å². The standard InChI is InChI=1S/C13H20N2O3S.ClH/c1-10-8-11(4-5-12(10)18-2)19(16,17)15-9-13(14)6-3-7-13;/h4-5,8,15H,3,6-7,9,14H2,1-2H3;1H. The van der Waals surface area contributed by atoms with Gasteiger partial charge in [0.05, 0.1) is 12.0 Å². The number of hydrogen-bond donors (Lipinski definition) is 2. The Labute approximate surface area is 126 Å². The van der Waals surface area contributed by atoms with Crippen LogP contribution in [0.15, 0.2) is 23.1 Å². The minimum atomic E-state index is -3.50. The molecule has 0 aromatic heterocycles. The van der Waals surface area contributed by atoms with Gasteiger partial charge in [-0.25, -0.2) is 13.1 Å². The molecule has 5 nitrogen and oxygen atoms in total. The molecule has 1 aliphatic rings. The predicted molar refractivity (Wildman–Crippen MR) is 80.9 cm³/mol. The van der Waals surface area contributed by atoms with Crippen LogP contribution in [0.1, 0.15) is 24.8 Å². The number of methoxy groups -OCH3 is 1. The van der Waals surface area contributed by atoms with E-state index in [-0.39, 0.29) is 22.8 Å². The summed E-state index contributed by atoms with van der Waals surface area (Å²) >= 11 is 0. The zero-order valence-corrected chi connectivity index (χ0v) is 13.3. The Morgan fingerprint density at radius 2 is 2.05 bits per heavy atom. The molecule has 1 aromatic rings. The number of hydrogen-bond acceptors (Lipinski definition) is 4. The van der Waals surface area contributed by atoms with E-state index in [1.54, 1.807) is 19.2 Å². The van der Waals surface area contributed by atoms with Crippen molar-refractivity contribution in [2.75, 3.05) is 13.7 Å². The van der Waals surface area contributed by atoms with E-state index in [2.05, 4.69) is 4.72 Å². The average Bonchev–Trinajstić information content (AvgIpc) is 2.34. The number of nitrogens with one attached hydrogen (secondary N) is 1. The third-order valence-corrected chi connectivity index (χ3v) is 5.04. The maximum atomic E-state index is 12.2. The average molecular weight is 321 g/mol. The third-order valence-electron chi connectivity index (χ3n) is 3.64. The summed E-state index contributed by atoms with van der Waals surface area (Å²) in [6.07, 6.45) is 2.81. The van der Waals surface area contributed by atoms with E-state index in [0.29, 0.717) is 12.3 Å². The molecule has 0 heterocycles. The summed E-state index contributed by atoms with van der Waals surface area (Å²) in [5, 5.41) is 0. The second-order valence-corrected chi connectivity index (χ2v) is 6.94. The molecule has 20 heavy (non-hydrogen) atoms. The van der Waals surface area contributed by atoms with E-state index in [4.69, 9.17) is 10.5 Å². The fourth-order valence-electron chi connectivity index (χ4n) is 2.15. The van der Waals surface area contributed by atoms with Gasteiger partial charge in [-0.3, -0.25) is 0 Å². The molecule has 0 unspecified atom stereocenters. The van der Waals surface area contributed by atoms with Gasteiger partial charge in [-0.2, -0.15) is 0 Å². The van der Waals surface area contributed by atoms with Crippen LogP contribution in [0.3, 0.4) is 0 Å². The Kier molecular flexibility index (Phi) is 5.43. The van der Waals surface area contributed by atoms with Crippen LogP contribution in [0.4, 0.5) is 0 Å². The number of benzene rings is 1. The smallest absolute Gasteiger partial charge is 0.240 e. The Hall–Kier alpha value is -0.820. The topological polar surface area (TPSA) is 81.4 Å². The summed E-state index contributed by atoms with van der Waals surface area (Å²) in [4.78, 5) is 0.244. The number of nitrogens with two attached hydrogens (primary N) is 1. The molecule has 0 atom stereocenters. The monoisotopic (exact) mass is 320 g/mol. The van der Waals surface area contributed by atoms with E-state index in [1.807, 2.05) is 6.92 Å². The SMILES string of the molecule is COc1ccc(S(=O)(=O)NCC2(N)CCC2)cc1C.Cl. The van der Waals surface area contributed by atoms with E-state index in [1.165, 1.54) is 6.07 Å². The molecule has 114 valence electrons. The molecule has 0 aliphatic heterocycles. The third kappa shape index (κ3) is 3.63. The van der Waals surface area contributed by atoms with Gasteiger partial charge < -0.3 is 10.5 Å². The molecular formula is C13H21ClN2O3S. The highest BCUT2D eigenvalue weighted by atomic mass is 35.5. The molecule has 0 radical (unpaired) electrons. The lowest BCUT2D eigenvalue weighted by Gasteiger charge is -2.38. The Morgan fingerprint density at radius 3 is 2.50 bits per heavy atom. The first-order valence-corrected chi connectivity index (χ1v) is 7.78. The molecule has 0 saturated heterocycles. The van der Waals surface area contributed by atoms with Crippen LogP contribution < -0.4 is 15.2 Å². The van der Waals surface area contributed by atoms with Gasteiger partial charge in [-0.15, -0.1) is 12.4 Å². The van der Waals surface area contributed by atoms with Crippen molar-refractivity contribution in [3.8, 4) is 5.75 Å². The Balaban J connectivity index is 0.00000200. The van der Waals surface area contributed by atoms with Crippen molar-refractivity contribution in [3.63, 3.8) is 0 Å². The van der Waals surface area contributed by atoms with Crippen molar-refractivity contribution in [3.05, 3.63) is 23.8 Å². The first-order valence-electron chi connectivity index (χ1n) is 6.29. The van der Waals surface area contributed by atoms with Gasteiger partial charge in [-0.05, 0) is 49.9 Å². The molecule has 3 N–H and O–H groups in total. The van der Waals surface area contributed by atoms with Crippen LogP contribution in [-0.2, 0) is 10.0 Å². The van der Waals surface area contributed by atoms with Crippen LogP contribution in [0.2, 0.25) is 0 Å². The molecule has 0 amide bonds. The second-order valence-electron chi connectivity index (χ2n) is 5.17. The van der Waals surface area contributed by atoms with Crippen molar-refractivity contribution in [2.24, 2.45) is 5.73 Å². The van der Waals surface area contributed by atoms with Crippen molar-refractivity contribution in [1.29, 1.82) is 0 Å². The van der Waals surface area contributed by atoms with Gasteiger partial charge in [0.15, 0.2) is 0 Å². The predicted octanol–water partition coefficient (Wildman–Crippen LogP) is 1.59. The van der Waals surface area contributed by atoms with Crippen molar-refractivity contribution >= 4 is 22.4 Å². The van der Waals surface area contributed by atoms with Crippen molar-refractivity contribution in [1.82, 2.24) is 4.72 Å². The number of ether oxygens (including phenoxy) is 1. The number of rotatable bonds is 5. The molecule has 1 saturated carbocycles. The molecule has 1 aromatic carbocycles. The van der Waals surface area contributed by atoms with Gasteiger partial charge in [0, 0.05) is 12.1 Å². The van der Waals surface area contributed by atoms with Crippen LogP contribution in [0, 0.1) is 6.92 Å². The molecule has 7 heteroatoms. The molecule has 0 bridgehead atoms. The van der Waals surface area contributed by atoms with E-state index < -0.39 is 10.0 Å². The van der Waals surface area contributed by atoms with Crippen molar-refractivity contribution in [2.45, 2.75) is 36.6 Å². The summed E-state index contributed by atoms with van der Waals surface area (Å²) in [7, 11) is -1.94. The van der Waals surface area contributed by atoms with Crippen LogP contribution >= 0.6 is 12.4 Å². The molecule has 1 aliphatic carbocycles. The maximum Gasteiger partial charge on any atom is 0.240 e. The first kappa shape index (κ1) is 17.2. The highest BCUT2D eigenvalue weighted by Gasteiger charge is 2.33. The van der Waals surface area contributed by atoms with E-state index >= 15 is 0 Å². The zero-order valence-electron chi connectivity index (χ0n) is 11.7. The maximum absolute atomic E-state index is 12.2. The molecule has 0 spiro atoms. The van der Waals surface area contributed by atoms with Gasteiger partial charge in [0.2, 0.25) is 10.0 Å². The number of aryl methyl sites for hydroxylation is 1. The molecule has 1 fully saturated rings. The largest absolute Gasteiger partial charge is 0.496 e. The lowest BCUT2D eigenvalue weighted by Crippen LogP contribution is -2.54. The summed E-state index contributed by atoms with van der Waals surface area (Å²) in [6, 6.07) is 4.80. The lowest BCUT2D eigenvalue weighted by atomic mass is 9.78. The van der Waals surface area contributed by atoms with Crippen LogP contribution in [0.5, 0.6) is 5.75 Å². The summed E-state index contributed by atoms with van der Waals surface area (Å²) in [5.74, 6) is 0.674. The summed E-state index contributed by atoms with van der Waals surface area (Å²) in [6.45, 7) is 2.11. The summed E-state index contributed by atoms with van der Waals surface area (Å²) < 4.78 is 32.0. The van der Waals surface area contributed by atoms with E-state index in [9.17, 15) is 8.42 Å². The summed E-state index contributed by atoms with van der Waals surface area (Å²) in [5.41, 5.74) is 6.44. The quantitative estimate of drug-likeness (QED) is 0.863. The fraction of sp³-hybridized carbons (Fsp3) is 0.538. The van der Waals surface area contributed by atoms with Gasteiger partial charge in [0.1, 0.15) is 5.75 Å². The van der Waals surface area contributed by atoms with Gasteiger partial charge in [-0.1, -0.05) is 0 Å². The lowest BCUT2D eigenvalue weighted by molar-refractivity contribution is 0.251. The first-order chi connectivity index (χ1) is 8.86. The molecule has 2 rings (SSSR count). The Morgan fingerprint density at radius 1 is 1.40 bits per heavy atom. The zero-order chi connectivity index (χ0) is 14.1. The van der Waals surface area contributed by atoms with Crippen molar-refractivity contribution < 1.29 is 13.2 Å². The minimum absolute atomic E-state index is 0. The molecular weight excluding hydrogens is 300 g/mol. The second kappa shape index (κ2) is 6.30. The Bertz CT molecular complexity index is 571.